The molecule has 0 radical (unpaired) electrons. The zero-order valence-electron chi connectivity index (χ0n) is 20.6. The minimum absolute atomic E-state index is 0.0130. The quantitative estimate of drug-likeness (QED) is 0.324. The van der Waals surface area contributed by atoms with Gasteiger partial charge in [0, 0.05) is 9.89 Å². The summed E-state index contributed by atoms with van der Waals surface area (Å²) in [5.41, 5.74) is -1.54. The molecule has 6 aliphatic carbocycles. The summed E-state index contributed by atoms with van der Waals surface area (Å²) in [4.78, 5) is 30.1. The summed E-state index contributed by atoms with van der Waals surface area (Å²) < 4.78 is 25.9. The summed E-state index contributed by atoms with van der Waals surface area (Å²) in [5.74, 6) is 0.846. The van der Waals surface area contributed by atoms with Gasteiger partial charge in [-0.3, -0.25) is 4.79 Å². The van der Waals surface area contributed by atoms with E-state index in [1.807, 2.05) is 24.3 Å². The molecule has 0 aliphatic heterocycles. The van der Waals surface area contributed by atoms with E-state index in [0.717, 1.165) is 67.8 Å². The number of nitrogens with one attached hydrogen (secondary N) is 1. The van der Waals surface area contributed by atoms with Gasteiger partial charge in [0.15, 0.2) is 11.5 Å². The molecule has 1 atom stereocenters. The lowest BCUT2D eigenvalue weighted by molar-refractivity contribution is -0.184. The number of aromatic nitrogens is 2. The number of carbonyl (C=O) groups excluding carboxylic acids is 2. The zero-order chi connectivity index (χ0) is 25.3. The van der Waals surface area contributed by atoms with Crippen molar-refractivity contribution >= 4 is 28.0 Å². The van der Waals surface area contributed by atoms with Gasteiger partial charge in [0.2, 0.25) is 0 Å². The van der Waals surface area contributed by atoms with Gasteiger partial charge >= 0.3 is 12.1 Å². The van der Waals surface area contributed by atoms with Gasteiger partial charge in [-0.25, -0.2) is 9.18 Å². The van der Waals surface area contributed by atoms with Gasteiger partial charge in [0.1, 0.15) is 0 Å². The number of rotatable bonds is 6. The first-order valence-corrected chi connectivity index (χ1v) is 13.6. The third-order valence-electron chi connectivity index (χ3n) is 9.43. The largest absolute Gasteiger partial charge is 0.415 e. The number of hydrogen-bond acceptors (Lipinski definition) is 6. The molecule has 2 aromatic rings. The molecule has 8 rings (SSSR count). The van der Waals surface area contributed by atoms with E-state index in [1.165, 1.54) is 13.8 Å². The number of fused-ring (bicyclic) bond motifs is 3. The SMILES string of the molecule is CC(C)(F)c1nc(C23CCC(C(NC(=O)OC(=O)C45CC(C4)C5)c4cccc(Br)c4)(CC2)CC3)no1. The summed E-state index contributed by atoms with van der Waals surface area (Å²) in [5, 5.41) is 7.26. The van der Waals surface area contributed by atoms with Gasteiger partial charge in [0.05, 0.1) is 11.5 Å². The molecule has 1 N–H and O–H groups in total. The Bertz CT molecular complexity index is 1180. The molecule has 6 aliphatic rings. The van der Waals surface area contributed by atoms with Crippen molar-refractivity contribution in [2.75, 3.05) is 0 Å². The summed E-state index contributed by atoms with van der Waals surface area (Å²) in [7, 11) is 0. The van der Waals surface area contributed by atoms with Crippen molar-refractivity contribution in [3.8, 4) is 0 Å². The third-order valence-corrected chi connectivity index (χ3v) is 9.92. The Kier molecular flexibility index (Phi) is 5.42. The summed E-state index contributed by atoms with van der Waals surface area (Å²) in [6.45, 7) is 2.83. The second kappa shape index (κ2) is 8.10. The van der Waals surface area contributed by atoms with Crippen LogP contribution >= 0.6 is 15.9 Å². The number of alkyl carbamates (subject to hydrolysis) is 1. The van der Waals surface area contributed by atoms with Crippen LogP contribution in [0.4, 0.5) is 9.18 Å². The lowest BCUT2D eigenvalue weighted by Crippen LogP contribution is -2.58. The predicted octanol–water partition coefficient (Wildman–Crippen LogP) is 6.42. The molecule has 0 spiro atoms. The monoisotopic (exact) mass is 559 g/mol. The number of esters is 1. The highest BCUT2D eigenvalue weighted by molar-refractivity contribution is 9.10. The third kappa shape index (κ3) is 3.80. The molecule has 36 heavy (non-hydrogen) atoms. The molecule has 9 heteroatoms. The van der Waals surface area contributed by atoms with Crippen LogP contribution in [0.3, 0.4) is 0 Å². The number of carbonyl (C=O) groups is 2. The standard InChI is InChI=1S/C27H31BrFN3O4/c1-24(2,29)21-31-20(32-36-21)26-9-6-25(7-10-26,8-11-26)19(17-4-3-5-18(28)12-17)30-23(34)35-22(33)27-13-16(14-27)15-27/h3-5,12,16,19H,6-11,13-15H2,1-2H3,(H,30,34). The van der Waals surface area contributed by atoms with E-state index >= 15 is 0 Å². The fraction of sp³-hybridized carbons (Fsp3) is 0.630. The van der Waals surface area contributed by atoms with Crippen molar-refractivity contribution in [2.24, 2.45) is 16.7 Å². The first-order valence-electron chi connectivity index (χ1n) is 12.8. The highest BCUT2D eigenvalue weighted by atomic mass is 79.9. The summed E-state index contributed by atoms with van der Waals surface area (Å²) in [6.07, 6.45) is 6.86. The van der Waals surface area contributed by atoms with Crippen LogP contribution in [-0.4, -0.2) is 22.2 Å². The molecular formula is C27H31BrFN3O4. The minimum Gasteiger partial charge on any atom is -0.376 e. The van der Waals surface area contributed by atoms with Crippen LogP contribution < -0.4 is 5.32 Å². The van der Waals surface area contributed by atoms with E-state index < -0.39 is 17.2 Å². The first kappa shape index (κ1) is 24.1. The second-order valence-electron chi connectivity index (χ2n) is 12.1. The van der Waals surface area contributed by atoms with Gasteiger partial charge in [-0.2, -0.15) is 4.98 Å². The molecule has 0 saturated heterocycles. The van der Waals surface area contributed by atoms with Crippen LogP contribution in [0.5, 0.6) is 0 Å². The molecule has 4 bridgehead atoms. The molecule has 6 saturated carbocycles. The van der Waals surface area contributed by atoms with Crippen LogP contribution in [0.2, 0.25) is 0 Å². The van der Waals surface area contributed by atoms with Gasteiger partial charge in [0.25, 0.3) is 5.89 Å². The summed E-state index contributed by atoms with van der Waals surface area (Å²) in [6, 6.07) is 7.65. The Morgan fingerprint density at radius 1 is 1.17 bits per heavy atom. The normalized spacial score (nSPS) is 33.3. The lowest BCUT2D eigenvalue weighted by Gasteiger charge is -2.59. The van der Waals surface area contributed by atoms with Crippen molar-refractivity contribution in [3.05, 3.63) is 46.0 Å². The Morgan fingerprint density at radius 2 is 1.83 bits per heavy atom. The van der Waals surface area contributed by atoms with E-state index in [0.29, 0.717) is 11.7 Å². The van der Waals surface area contributed by atoms with E-state index in [4.69, 9.17) is 9.26 Å². The van der Waals surface area contributed by atoms with Gasteiger partial charge in [-0.1, -0.05) is 33.2 Å². The van der Waals surface area contributed by atoms with E-state index in [2.05, 4.69) is 31.4 Å². The molecular weight excluding hydrogens is 529 g/mol. The molecule has 1 amide bonds. The highest BCUT2D eigenvalue weighted by Gasteiger charge is 2.63. The van der Waals surface area contributed by atoms with Gasteiger partial charge in [-0.05, 0) is 101 Å². The Morgan fingerprint density at radius 3 is 2.36 bits per heavy atom. The molecule has 7 nitrogen and oxygen atoms in total. The van der Waals surface area contributed by atoms with Crippen LogP contribution in [0.1, 0.15) is 95.0 Å². The summed E-state index contributed by atoms with van der Waals surface area (Å²) >= 11 is 3.56. The van der Waals surface area contributed by atoms with Crippen molar-refractivity contribution in [2.45, 2.75) is 88.8 Å². The van der Waals surface area contributed by atoms with Crippen LogP contribution in [-0.2, 0) is 20.6 Å². The van der Waals surface area contributed by atoms with E-state index in [1.54, 1.807) is 0 Å². The fourth-order valence-corrected chi connectivity index (χ4v) is 7.42. The van der Waals surface area contributed by atoms with Crippen molar-refractivity contribution in [1.29, 1.82) is 0 Å². The maximum absolute atomic E-state index is 14.4. The molecule has 1 aromatic heterocycles. The zero-order valence-corrected chi connectivity index (χ0v) is 22.2. The number of hydrogen-bond donors (Lipinski definition) is 1. The maximum Gasteiger partial charge on any atom is 0.415 e. The molecule has 1 aromatic carbocycles. The Balaban J connectivity index is 1.22. The smallest absolute Gasteiger partial charge is 0.376 e. The van der Waals surface area contributed by atoms with E-state index in [-0.39, 0.29) is 28.7 Å². The van der Waals surface area contributed by atoms with Crippen LogP contribution in [0, 0.1) is 16.7 Å². The van der Waals surface area contributed by atoms with Gasteiger partial charge < -0.3 is 14.6 Å². The number of amides is 1. The average Bonchev–Trinajstić information content (AvgIpc) is 3.28. The van der Waals surface area contributed by atoms with Crippen molar-refractivity contribution < 1.29 is 23.2 Å². The number of alkyl halides is 1. The predicted molar refractivity (Wildman–Crippen MR) is 132 cm³/mol. The maximum atomic E-state index is 14.4. The average molecular weight is 560 g/mol. The minimum atomic E-state index is -1.68. The van der Waals surface area contributed by atoms with Crippen molar-refractivity contribution in [3.63, 3.8) is 0 Å². The lowest BCUT2D eigenvalue weighted by atomic mass is 9.44. The number of nitrogens with zero attached hydrogens (tertiary/aromatic N) is 2. The van der Waals surface area contributed by atoms with Crippen molar-refractivity contribution in [1.82, 2.24) is 15.5 Å². The second-order valence-corrected chi connectivity index (χ2v) is 13.0. The van der Waals surface area contributed by atoms with Crippen LogP contribution in [0.15, 0.2) is 33.3 Å². The number of ether oxygens (including phenoxy) is 1. The topological polar surface area (TPSA) is 94.3 Å². The fourth-order valence-electron chi connectivity index (χ4n) is 7.01. The molecule has 6 fully saturated rings. The number of benzene rings is 1. The highest BCUT2D eigenvalue weighted by Crippen LogP contribution is 2.65. The van der Waals surface area contributed by atoms with E-state index in [9.17, 15) is 14.0 Å². The van der Waals surface area contributed by atoms with Gasteiger partial charge in [-0.15, -0.1) is 0 Å². The Labute approximate surface area is 218 Å². The molecule has 192 valence electrons. The molecule has 1 unspecified atom stereocenters. The molecule has 1 heterocycles. The first-order chi connectivity index (χ1) is 17.0. The Hall–Kier alpha value is -2.29. The van der Waals surface area contributed by atoms with Crippen LogP contribution in [0.25, 0.3) is 0 Å². The number of halogens is 2.